The highest BCUT2D eigenvalue weighted by molar-refractivity contribution is 9.10. The zero-order chi connectivity index (χ0) is 19.8. The molecule has 0 saturated heterocycles. The van der Waals surface area contributed by atoms with Crippen LogP contribution in [0.1, 0.15) is 22.3 Å². The number of amides is 1. The lowest BCUT2D eigenvalue weighted by atomic mass is 10.0. The minimum absolute atomic E-state index is 0.136. The van der Waals surface area contributed by atoms with Gasteiger partial charge in [0.25, 0.3) is 0 Å². The molecule has 6 heteroatoms. The molecular weight excluding hydrogens is 408 g/mol. The minimum Gasteiger partial charge on any atom is -0.493 e. The van der Waals surface area contributed by atoms with Gasteiger partial charge in [-0.1, -0.05) is 29.7 Å². The van der Waals surface area contributed by atoms with E-state index in [0.717, 1.165) is 16.7 Å². The molecule has 0 saturated carbocycles. The molecule has 0 heterocycles. The molecule has 140 valence electrons. The SMILES string of the molecule is C#CCOc1c(Br)cc(/C=N/NC(=O)Cc2ccc(C)cc2C)cc1OC. The second kappa shape index (κ2) is 9.79. The predicted octanol–water partition coefficient (Wildman–Crippen LogP) is 3.78. The first-order valence-electron chi connectivity index (χ1n) is 8.26. The quantitative estimate of drug-likeness (QED) is 0.414. The number of carbonyl (C=O) groups is 1. The van der Waals surface area contributed by atoms with E-state index >= 15 is 0 Å². The molecule has 2 rings (SSSR count). The first-order chi connectivity index (χ1) is 12.9. The first-order valence-corrected chi connectivity index (χ1v) is 9.05. The number of hydrazone groups is 1. The largest absolute Gasteiger partial charge is 0.493 e. The van der Waals surface area contributed by atoms with E-state index in [-0.39, 0.29) is 18.9 Å². The number of nitrogens with one attached hydrogen (secondary N) is 1. The molecule has 1 amide bonds. The Labute approximate surface area is 167 Å². The maximum absolute atomic E-state index is 12.1. The number of nitrogens with zero attached hydrogens (tertiary/aromatic N) is 1. The van der Waals surface area contributed by atoms with Crippen LogP contribution in [-0.4, -0.2) is 25.8 Å². The molecule has 0 radical (unpaired) electrons. The summed E-state index contributed by atoms with van der Waals surface area (Å²) >= 11 is 3.43. The van der Waals surface area contributed by atoms with E-state index in [4.69, 9.17) is 15.9 Å². The van der Waals surface area contributed by atoms with Crippen LogP contribution < -0.4 is 14.9 Å². The van der Waals surface area contributed by atoms with Crippen LogP contribution in [-0.2, 0) is 11.2 Å². The Balaban J connectivity index is 2.04. The standard InChI is InChI=1S/C21H21BrN2O3/c1-5-8-27-21-18(22)10-16(11-19(21)26-4)13-23-24-20(25)12-17-7-6-14(2)9-15(17)3/h1,6-7,9-11,13H,8,12H2,2-4H3,(H,24,25)/b23-13+. The first kappa shape index (κ1) is 20.5. The molecule has 1 N–H and O–H groups in total. The van der Waals surface area contributed by atoms with Crippen molar-refractivity contribution in [2.45, 2.75) is 20.3 Å². The lowest BCUT2D eigenvalue weighted by Gasteiger charge is -2.11. The summed E-state index contributed by atoms with van der Waals surface area (Å²) in [6.45, 7) is 4.15. The van der Waals surface area contributed by atoms with Crippen LogP contribution in [0.15, 0.2) is 39.9 Å². The van der Waals surface area contributed by atoms with Crippen molar-refractivity contribution in [3.63, 3.8) is 0 Å². The highest BCUT2D eigenvalue weighted by atomic mass is 79.9. The van der Waals surface area contributed by atoms with Gasteiger partial charge in [0.15, 0.2) is 11.5 Å². The Hall–Kier alpha value is -2.78. The average Bonchev–Trinajstić information content (AvgIpc) is 2.63. The monoisotopic (exact) mass is 428 g/mol. The van der Waals surface area contributed by atoms with Crippen LogP contribution in [0, 0.1) is 26.2 Å². The summed E-state index contributed by atoms with van der Waals surface area (Å²) in [7, 11) is 1.54. The number of aryl methyl sites for hydroxylation is 2. The minimum atomic E-state index is -0.182. The lowest BCUT2D eigenvalue weighted by Crippen LogP contribution is -2.20. The predicted molar refractivity (Wildman–Crippen MR) is 110 cm³/mol. The van der Waals surface area contributed by atoms with Crippen molar-refractivity contribution in [2.24, 2.45) is 5.10 Å². The molecule has 27 heavy (non-hydrogen) atoms. The summed E-state index contributed by atoms with van der Waals surface area (Å²) in [6.07, 6.45) is 7.03. The Morgan fingerprint density at radius 3 is 2.78 bits per heavy atom. The molecule has 0 spiro atoms. The summed E-state index contributed by atoms with van der Waals surface area (Å²) in [5, 5.41) is 4.02. The van der Waals surface area contributed by atoms with Gasteiger partial charge < -0.3 is 9.47 Å². The van der Waals surface area contributed by atoms with Gasteiger partial charge in [0.05, 0.1) is 24.2 Å². The Morgan fingerprint density at radius 2 is 2.11 bits per heavy atom. The zero-order valence-electron chi connectivity index (χ0n) is 15.5. The maximum atomic E-state index is 12.1. The molecule has 5 nitrogen and oxygen atoms in total. The van der Waals surface area contributed by atoms with Gasteiger partial charge in [0.1, 0.15) is 6.61 Å². The summed E-state index contributed by atoms with van der Waals surface area (Å²) in [4.78, 5) is 12.1. The van der Waals surface area contributed by atoms with Gasteiger partial charge in [0.2, 0.25) is 5.91 Å². The summed E-state index contributed by atoms with van der Waals surface area (Å²) < 4.78 is 11.5. The van der Waals surface area contributed by atoms with E-state index in [1.54, 1.807) is 12.1 Å². The smallest absolute Gasteiger partial charge is 0.244 e. The summed E-state index contributed by atoms with van der Waals surface area (Å²) in [5.41, 5.74) is 6.52. The van der Waals surface area contributed by atoms with Gasteiger partial charge in [-0.3, -0.25) is 4.79 Å². The molecule has 0 aliphatic heterocycles. The van der Waals surface area contributed by atoms with Gasteiger partial charge in [0, 0.05) is 0 Å². The van der Waals surface area contributed by atoms with Gasteiger partial charge >= 0.3 is 0 Å². The van der Waals surface area contributed by atoms with Crippen LogP contribution in [0.25, 0.3) is 0 Å². The molecule has 0 aliphatic carbocycles. The maximum Gasteiger partial charge on any atom is 0.244 e. The van der Waals surface area contributed by atoms with Crippen molar-refractivity contribution < 1.29 is 14.3 Å². The zero-order valence-corrected chi connectivity index (χ0v) is 17.1. The number of methoxy groups -OCH3 is 1. The lowest BCUT2D eigenvalue weighted by molar-refractivity contribution is -0.120. The van der Waals surface area contributed by atoms with Crippen molar-refractivity contribution in [1.82, 2.24) is 5.43 Å². The van der Waals surface area contributed by atoms with Crippen LogP contribution in [0.3, 0.4) is 0 Å². The second-order valence-corrected chi connectivity index (χ2v) is 6.78. The van der Waals surface area contributed by atoms with Crippen molar-refractivity contribution in [1.29, 1.82) is 0 Å². The number of hydrogen-bond acceptors (Lipinski definition) is 4. The fourth-order valence-electron chi connectivity index (χ4n) is 2.50. The third kappa shape index (κ3) is 5.87. The van der Waals surface area contributed by atoms with E-state index in [9.17, 15) is 4.79 Å². The normalized spacial score (nSPS) is 10.5. The molecular formula is C21H21BrN2O3. The highest BCUT2D eigenvalue weighted by Gasteiger charge is 2.11. The number of halogens is 1. The number of rotatable bonds is 7. The Kier molecular flexibility index (Phi) is 7.44. The van der Waals surface area contributed by atoms with E-state index < -0.39 is 0 Å². The molecule has 0 atom stereocenters. The molecule has 0 aromatic heterocycles. The molecule has 2 aromatic rings. The van der Waals surface area contributed by atoms with Crippen LogP contribution in [0.2, 0.25) is 0 Å². The van der Waals surface area contributed by atoms with Crippen molar-refractivity contribution in [3.8, 4) is 23.8 Å². The second-order valence-electron chi connectivity index (χ2n) is 5.93. The third-order valence-corrected chi connectivity index (χ3v) is 4.39. The number of terminal acetylenes is 1. The van der Waals surface area contributed by atoms with Crippen molar-refractivity contribution in [3.05, 3.63) is 57.1 Å². The van der Waals surface area contributed by atoms with Crippen molar-refractivity contribution >= 4 is 28.1 Å². The van der Waals surface area contributed by atoms with Gasteiger partial charge in [-0.25, -0.2) is 5.43 Å². The van der Waals surface area contributed by atoms with E-state index in [1.165, 1.54) is 18.9 Å². The fourth-order valence-corrected chi connectivity index (χ4v) is 3.08. The van der Waals surface area contributed by atoms with E-state index in [1.807, 2.05) is 26.0 Å². The molecule has 0 fully saturated rings. The highest BCUT2D eigenvalue weighted by Crippen LogP contribution is 2.36. The van der Waals surface area contributed by atoms with E-state index in [0.29, 0.717) is 16.0 Å². The molecule has 2 aromatic carbocycles. The van der Waals surface area contributed by atoms with Crippen LogP contribution >= 0.6 is 15.9 Å². The topological polar surface area (TPSA) is 59.9 Å². The van der Waals surface area contributed by atoms with E-state index in [2.05, 4.69) is 38.4 Å². The number of ether oxygens (including phenoxy) is 2. The van der Waals surface area contributed by atoms with Gasteiger partial charge in [-0.2, -0.15) is 5.10 Å². The van der Waals surface area contributed by atoms with Crippen LogP contribution in [0.4, 0.5) is 0 Å². The molecule has 0 bridgehead atoms. The number of carbonyl (C=O) groups excluding carboxylic acids is 1. The van der Waals surface area contributed by atoms with Gasteiger partial charge in [-0.15, -0.1) is 6.42 Å². The average molecular weight is 429 g/mol. The summed E-state index contributed by atoms with van der Waals surface area (Å²) in [6, 6.07) is 9.56. The third-order valence-electron chi connectivity index (χ3n) is 3.80. The van der Waals surface area contributed by atoms with Crippen LogP contribution in [0.5, 0.6) is 11.5 Å². The number of hydrogen-bond donors (Lipinski definition) is 1. The molecule has 0 unspecified atom stereocenters. The Bertz CT molecular complexity index is 901. The van der Waals surface area contributed by atoms with Gasteiger partial charge in [-0.05, 0) is 58.6 Å². The Morgan fingerprint density at radius 1 is 1.33 bits per heavy atom. The fraction of sp³-hybridized carbons (Fsp3) is 0.238. The van der Waals surface area contributed by atoms with Crippen molar-refractivity contribution in [2.75, 3.05) is 13.7 Å². The summed E-state index contributed by atoms with van der Waals surface area (Å²) in [5.74, 6) is 3.26. The number of benzene rings is 2. The molecule has 0 aliphatic rings.